The van der Waals surface area contributed by atoms with Crippen LogP contribution in [0.5, 0.6) is 0 Å². The summed E-state index contributed by atoms with van der Waals surface area (Å²) in [6.07, 6.45) is 2.63. The topological polar surface area (TPSA) is 50.4 Å². The van der Waals surface area contributed by atoms with Gasteiger partial charge in [0, 0.05) is 5.69 Å². The van der Waals surface area contributed by atoms with Gasteiger partial charge in [-0.15, -0.1) is 0 Å². The van der Waals surface area contributed by atoms with Gasteiger partial charge < -0.3 is 15.4 Å². The maximum Gasteiger partial charge on any atom is 0.226 e. The van der Waals surface area contributed by atoms with Gasteiger partial charge in [-0.3, -0.25) is 4.79 Å². The Morgan fingerprint density at radius 2 is 2.05 bits per heavy atom. The molecule has 1 aromatic rings. The number of ether oxygens (including phenoxy) is 1. The number of anilines is 1. The smallest absolute Gasteiger partial charge is 0.226 e. The minimum absolute atomic E-state index is 0.0858. The van der Waals surface area contributed by atoms with E-state index >= 15 is 0 Å². The highest BCUT2D eigenvalue weighted by Gasteiger charge is 2.13. The fourth-order valence-electron chi connectivity index (χ4n) is 2.08. The van der Waals surface area contributed by atoms with Gasteiger partial charge in [0.1, 0.15) is 0 Å². The van der Waals surface area contributed by atoms with E-state index in [0.29, 0.717) is 28.8 Å². The van der Waals surface area contributed by atoms with Crippen molar-refractivity contribution in [3.05, 3.63) is 28.2 Å². The first-order valence-electron chi connectivity index (χ1n) is 6.72. The summed E-state index contributed by atoms with van der Waals surface area (Å²) in [5.41, 5.74) is 0.645. The number of hydrogen-bond acceptors (Lipinski definition) is 3. The molecule has 0 radical (unpaired) electrons. The van der Waals surface area contributed by atoms with Crippen molar-refractivity contribution in [1.29, 1.82) is 0 Å². The minimum Gasteiger partial charge on any atom is -0.378 e. The fraction of sp³-hybridized carbons (Fsp3) is 0.500. The molecular weight excluding hydrogens is 299 g/mol. The first-order valence-corrected chi connectivity index (χ1v) is 7.48. The molecule has 1 saturated heterocycles. The van der Waals surface area contributed by atoms with Crippen molar-refractivity contribution < 1.29 is 9.53 Å². The van der Waals surface area contributed by atoms with E-state index in [-0.39, 0.29) is 12.0 Å². The summed E-state index contributed by atoms with van der Waals surface area (Å²) in [7, 11) is 0. The number of hydrogen-bond donors (Lipinski definition) is 2. The summed E-state index contributed by atoms with van der Waals surface area (Å²) >= 11 is 11.7. The quantitative estimate of drug-likeness (QED) is 0.877. The molecule has 1 aliphatic rings. The van der Waals surface area contributed by atoms with Crippen molar-refractivity contribution in [2.75, 3.05) is 25.0 Å². The summed E-state index contributed by atoms with van der Waals surface area (Å²) in [5, 5.41) is 6.94. The largest absolute Gasteiger partial charge is 0.378 e. The SMILES string of the molecule is O=C(CCOC1CCNCC1)Nc1ccc(Cl)c(Cl)c1. The first kappa shape index (κ1) is 15.6. The summed E-state index contributed by atoms with van der Waals surface area (Å²) in [4.78, 5) is 11.8. The second-order valence-electron chi connectivity index (χ2n) is 4.75. The van der Waals surface area contributed by atoms with Crippen LogP contribution in [0.25, 0.3) is 0 Å². The van der Waals surface area contributed by atoms with Gasteiger partial charge in [0.2, 0.25) is 5.91 Å². The predicted molar refractivity (Wildman–Crippen MR) is 81.6 cm³/mol. The Balaban J connectivity index is 1.70. The molecule has 1 amide bonds. The molecule has 1 fully saturated rings. The molecule has 0 unspecified atom stereocenters. The van der Waals surface area contributed by atoms with Crippen molar-refractivity contribution in [2.24, 2.45) is 0 Å². The third-order valence-corrected chi connectivity index (χ3v) is 3.91. The van der Waals surface area contributed by atoms with Gasteiger partial charge in [-0.1, -0.05) is 23.2 Å². The van der Waals surface area contributed by atoms with Gasteiger partial charge in [-0.25, -0.2) is 0 Å². The Kier molecular flexibility index (Phi) is 6.10. The lowest BCUT2D eigenvalue weighted by Gasteiger charge is -2.22. The molecule has 0 aliphatic carbocycles. The fourth-order valence-corrected chi connectivity index (χ4v) is 2.38. The van der Waals surface area contributed by atoms with E-state index in [2.05, 4.69) is 10.6 Å². The zero-order chi connectivity index (χ0) is 14.4. The molecular formula is C14H18Cl2N2O2. The van der Waals surface area contributed by atoms with Gasteiger partial charge in [-0.2, -0.15) is 0 Å². The molecule has 110 valence electrons. The van der Waals surface area contributed by atoms with Gasteiger partial charge in [-0.05, 0) is 44.1 Å². The molecule has 1 aliphatic heterocycles. The third-order valence-electron chi connectivity index (χ3n) is 3.17. The molecule has 1 heterocycles. The van der Waals surface area contributed by atoms with E-state index in [4.69, 9.17) is 27.9 Å². The minimum atomic E-state index is -0.0858. The van der Waals surface area contributed by atoms with Crippen molar-refractivity contribution in [3.8, 4) is 0 Å². The van der Waals surface area contributed by atoms with Crippen molar-refractivity contribution in [1.82, 2.24) is 5.32 Å². The van der Waals surface area contributed by atoms with Crippen molar-refractivity contribution >= 4 is 34.8 Å². The summed E-state index contributed by atoms with van der Waals surface area (Å²) < 4.78 is 5.69. The Morgan fingerprint density at radius 1 is 1.30 bits per heavy atom. The van der Waals surface area contributed by atoms with Crippen LogP contribution in [0.1, 0.15) is 19.3 Å². The second kappa shape index (κ2) is 7.84. The highest BCUT2D eigenvalue weighted by molar-refractivity contribution is 6.42. The highest BCUT2D eigenvalue weighted by atomic mass is 35.5. The Hall–Kier alpha value is -0.810. The molecule has 0 spiro atoms. The number of piperidine rings is 1. The molecule has 0 aromatic heterocycles. The summed E-state index contributed by atoms with van der Waals surface area (Å²) in [5.74, 6) is -0.0858. The molecule has 2 N–H and O–H groups in total. The number of rotatable bonds is 5. The zero-order valence-corrected chi connectivity index (χ0v) is 12.6. The van der Waals surface area contributed by atoms with Crippen molar-refractivity contribution in [2.45, 2.75) is 25.4 Å². The first-order chi connectivity index (χ1) is 9.65. The molecule has 0 bridgehead atoms. The lowest BCUT2D eigenvalue weighted by molar-refractivity contribution is -0.117. The molecule has 0 saturated carbocycles. The molecule has 1 aromatic carbocycles. The van der Waals surface area contributed by atoms with Crippen LogP contribution in [0.15, 0.2) is 18.2 Å². The Morgan fingerprint density at radius 3 is 2.75 bits per heavy atom. The van der Waals surface area contributed by atoms with Crippen LogP contribution in [0.2, 0.25) is 10.0 Å². The average molecular weight is 317 g/mol. The summed E-state index contributed by atoms with van der Waals surface area (Å²) in [6, 6.07) is 5.01. The normalized spacial score (nSPS) is 16.1. The summed E-state index contributed by atoms with van der Waals surface area (Å²) in [6.45, 7) is 2.41. The van der Waals surface area contributed by atoms with Crippen LogP contribution in [-0.4, -0.2) is 31.7 Å². The van der Waals surface area contributed by atoms with Crippen molar-refractivity contribution in [3.63, 3.8) is 0 Å². The van der Waals surface area contributed by atoms with Gasteiger partial charge in [0.05, 0.1) is 29.2 Å². The van der Waals surface area contributed by atoms with Crippen LogP contribution < -0.4 is 10.6 Å². The molecule has 4 nitrogen and oxygen atoms in total. The van der Waals surface area contributed by atoms with E-state index in [9.17, 15) is 4.79 Å². The number of halogens is 2. The van der Waals surface area contributed by atoms with E-state index < -0.39 is 0 Å². The van der Waals surface area contributed by atoms with E-state index in [1.165, 1.54) is 0 Å². The average Bonchev–Trinajstić information content (AvgIpc) is 2.44. The van der Waals surface area contributed by atoms with Gasteiger partial charge >= 0.3 is 0 Å². The van der Waals surface area contributed by atoms with Gasteiger partial charge in [0.15, 0.2) is 0 Å². The third kappa shape index (κ3) is 4.94. The zero-order valence-electron chi connectivity index (χ0n) is 11.1. The van der Waals surface area contributed by atoms with Crippen LogP contribution >= 0.6 is 23.2 Å². The molecule has 20 heavy (non-hydrogen) atoms. The van der Waals surface area contributed by atoms with E-state index in [1.807, 2.05) is 0 Å². The maximum atomic E-state index is 11.8. The highest BCUT2D eigenvalue weighted by Crippen LogP contribution is 2.25. The standard InChI is InChI=1S/C14H18Cl2N2O2/c15-12-2-1-10(9-13(12)16)18-14(19)5-8-20-11-3-6-17-7-4-11/h1-2,9,11,17H,3-8H2,(H,18,19). The van der Waals surface area contributed by atoms with Crippen LogP contribution in [0.3, 0.4) is 0 Å². The number of carbonyl (C=O) groups excluding carboxylic acids is 1. The molecule has 6 heteroatoms. The lowest BCUT2D eigenvalue weighted by atomic mass is 10.1. The van der Waals surface area contributed by atoms with E-state index in [0.717, 1.165) is 25.9 Å². The molecule has 2 rings (SSSR count). The van der Waals surface area contributed by atoms with Crippen LogP contribution in [0.4, 0.5) is 5.69 Å². The van der Waals surface area contributed by atoms with Crippen LogP contribution in [0, 0.1) is 0 Å². The van der Waals surface area contributed by atoms with Crippen LogP contribution in [-0.2, 0) is 9.53 Å². The molecule has 0 atom stereocenters. The number of amides is 1. The van der Waals surface area contributed by atoms with E-state index in [1.54, 1.807) is 18.2 Å². The second-order valence-corrected chi connectivity index (χ2v) is 5.56. The Labute approximate surface area is 128 Å². The maximum absolute atomic E-state index is 11.8. The number of benzene rings is 1. The Bertz CT molecular complexity index is 462. The monoisotopic (exact) mass is 316 g/mol. The number of nitrogens with one attached hydrogen (secondary N) is 2. The lowest BCUT2D eigenvalue weighted by Crippen LogP contribution is -2.33. The number of carbonyl (C=O) groups is 1. The predicted octanol–water partition coefficient (Wildman–Crippen LogP) is 3.09. The van der Waals surface area contributed by atoms with Gasteiger partial charge in [0.25, 0.3) is 0 Å².